The summed E-state index contributed by atoms with van der Waals surface area (Å²) in [5.41, 5.74) is 7.34. The van der Waals surface area contributed by atoms with Crippen LogP contribution in [0.4, 0.5) is 10.8 Å². The second-order valence-corrected chi connectivity index (χ2v) is 7.30. The van der Waals surface area contributed by atoms with E-state index in [0.29, 0.717) is 28.7 Å². The van der Waals surface area contributed by atoms with Crippen molar-refractivity contribution in [3.63, 3.8) is 0 Å². The molecule has 0 aliphatic rings. The van der Waals surface area contributed by atoms with E-state index in [1.54, 1.807) is 23.5 Å². The molecule has 0 aliphatic carbocycles. The standard InChI is InChI=1S/C16H14ClN3OS2/c17-10-4-1-2-5-11(10)19-14(21)8-7-13-15(20-16(18)23-13)12-6-3-9-22-12/h1-6,9H,7-8H2,(H2,18,20)(H,19,21). The van der Waals surface area contributed by atoms with E-state index < -0.39 is 0 Å². The molecule has 1 aromatic carbocycles. The molecule has 0 spiro atoms. The predicted molar refractivity (Wildman–Crippen MR) is 98.2 cm³/mol. The zero-order chi connectivity index (χ0) is 16.2. The number of aromatic nitrogens is 1. The fourth-order valence-corrected chi connectivity index (χ4v) is 3.98. The lowest BCUT2D eigenvalue weighted by Gasteiger charge is -2.06. The van der Waals surface area contributed by atoms with Crippen LogP contribution in [0.15, 0.2) is 41.8 Å². The summed E-state index contributed by atoms with van der Waals surface area (Å²) in [5, 5.41) is 5.88. The number of para-hydroxylation sites is 1. The number of thiazole rings is 1. The largest absolute Gasteiger partial charge is 0.375 e. The van der Waals surface area contributed by atoms with Gasteiger partial charge in [0, 0.05) is 11.3 Å². The molecule has 3 rings (SSSR count). The Morgan fingerprint density at radius 1 is 1.26 bits per heavy atom. The molecule has 2 aromatic heterocycles. The van der Waals surface area contributed by atoms with Crippen LogP contribution in [0.2, 0.25) is 5.02 Å². The highest BCUT2D eigenvalue weighted by Crippen LogP contribution is 2.33. The van der Waals surface area contributed by atoms with Crippen molar-refractivity contribution in [1.82, 2.24) is 4.98 Å². The van der Waals surface area contributed by atoms with Gasteiger partial charge in [-0.1, -0.05) is 29.8 Å². The van der Waals surface area contributed by atoms with E-state index in [2.05, 4.69) is 10.3 Å². The number of nitrogens with one attached hydrogen (secondary N) is 1. The Bertz CT molecular complexity index is 815. The van der Waals surface area contributed by atoms with Gasteiger partial charge in [0.25, 0.3) is 0 Å². The van der Waals surface area contributed by atoms with Crippen LogP contribution in [0, 0.1) is 0 Å². The van der Waals surface area contributed by atoms with Gasteiger partial charge in [-0.15, -0.1) is 22.7 Å². The molecular formula is C16H14ClN3OS2. The minimum absolute atomic E-state index is 0.0813. The summed E-state index contributed by atoms with van der Waals surface area (Å²) in [6.45, 7) is 0. The van der Waals surface area contributed by atoms with Crippen LogP contribution in [0.5, 0.6) is 0 Å². The van der Waals surface area contributed by atoms with Gasteiger partial charge < -0.3 is 11.1 Å². The number of hydrogen-bond donors (Lipinski definition) is 2. The van der Waals surface area contributed by atoms with Crippen molar-refractivity contribution in [3.05, 3.63) is 51.7 Å². The Balaban J connectivity index is 1.67. The van der Waals surface area contributed by atoms with E-state index in [-0.39, 0.29) is 5.91 Å². The number of nitrogen functional groups attached to an aromatic ring is 1. The number of amides is 1. The molecule has 118 valence electrons. The molecule has 3 aromatic rings. The summed E-state index contributed by atoms with van der Waals surface area (Å²) in [6, 6.07) is 11.2. The molecule has 0 atom stereocenters. The topological polar surface area (TPSA) is 68.0 Å². The number of carbonyl (C=O) groups excluding carboxylic acids is 1. The lowest BCUT2D eigenvalue weighted by molar-refractivity contribution is -0.116. The summed E-state index contributed by atoms with van der Waals surface area (Å²) in [6.07, 6.45) is 0.948. The molecule has 3 N–H and O–H groups in total. The lowest BCUT2D eigenvalue weighted by atomic mass is 10.2. The summed E-state index contributed by atoms with van der Waals surface area (Å²) in [5.74, 6) is -0.0813. The number of hydrogen-bond acceptors (Lipinski definition) is 5. The summed E-state index contributed by atoms with van der Waals surface area (Å²) >= 11 is 9.09. The molecular weight excluding hydrogens is 350 g/mol. The molecule has 0 radical (unpaired) electrons. The molecule has 0 saturated carbocycles. The first kappa shape index (κ1) is 16.0. The van der Waals surface area contributed by atoms with Crippen molar-refractivity contribution in [3.8, 4) is 10.6 Å². The Morgan fingerprint density at radius 2 is 2.09 bits per heavy atom. The van der Waals surface area contributed by atoms with Crippen LogP contribution >= 0.6 is 34.3 Å². The molecule has 0 bridgehead atoms. The number of benzene rings is 1. The molecule has 0 unspecified atom stereocenters. The number of aryl methyl sites for hydroxylation is 1. The number of nitrogens with zero attached hydrogens (tertiary/aromatic N) is 1. The number of anilines is 2. The van der Waals surface area contributed by atoms with Crippen molar-refractivity contribution in [1.29, 1.82) is 0 Å². The van der Waals surface area contributed by atoms with Crippen LogP contribution in [0.25, 0.3) is 10.6 Å². The van der Waals surface area contributed by atoms with Gasteiger partial charge in [0.1, 0.15) is 0 Å². The normalized spacial score (nSPS) is 10.7. The van der Waals surface area contributed by atoms with Crippen molar-refractivity contribution in [2.45, 2.75) is 12.8 Å². The molecule has 23 heavy (non-hydrogen) atoms. The maximum atomic E-state index is 12.1. The number of nitrogens with two attached hydrogens (primary N) is 1. The van der Waals surface area contributed by atoms with Gasteiger partial charge in [0.15, 0.2) is 5.13 Å². The fraction of sp³-hybridized carbons (Fsp3) is 0.125. The Labute approximate surface area is 146 Å². The zero-order valence-corrected chi connectivity index (χ0v) is 14.5. The predicted octanol–water partition coefficient (Wildman–Crippen LogP) is 4.68. The van der Waals surface area contributed by atoms with E-state index in [9.17, 15) is 4.79 Å². The summed E-state index contributed by atoms with van der Waals surface area (Å²) in [7, 11) is 0. The SMILES string of the molecule is Nc1nc(-c2cccs2)c(CCC(=O)Nc2ccccc2Cl)s1. The molecule has 0 fully saturated rings. The maximum absolute atomic E-state index is 12.1. The van der Waals surface area contributed by atoms with Gasteiger partial charge in [0.2, 0.25) is 5.91 Å². The first-order valence-corrected chi connectivity index (χ1v) is 9.04. The van der Waals surface area contributed by atoms with Crippen molar-refractivity contribution < 1.29 is 4.79 Å². The van der Waals surface area contributed by atoms with Crippen molar-refractivity contribution in [2.24, 2.45) is 0 Å². The summed E-state index contributed by atoms with van der Waals surface area (Å²) < 4.78 is 0. The first-order chi connectivity index (χ1) is 11.1. The minimum Gasteiger partial charge on any atom is -0.375 e. The monoisotopic (exact) mass is 363 g/mol. The van der Waals surface area contributed by atoms with E-state index in [1.165, 1.54) is 11.3 Å². The highest BCUT2D eigenvalue weighted by Gasteiger charge is 2.14. The van der Waals surface area contributed by atoms with Gasteiger partial charge in [-0.25, -0.2) is 4.98 Å². The van der Waals surface area contributed by atoms with E-state index in [0.717, 1.165) is 15.4 Å². The third-order valence-electron chi connectivity index (χ3n) is 3.20. The molecule has 4 nitrogen and oxygen atoms in total. The Kier molecular flexibility index (Phi) is 4.95. The van der Waals surface area contributed by atoms with Crippen LogP contribution in [0.3, 0.4) is 0 Å². The van der Waals surface area contributed by atoms with Gasteiger partial charge in [-0.05, 0) is 30.0 Å². The fourth-order valence-electron chi connectivity index (χ4n) is 2.15. The maximum Gasteiger partial charge on any atom is 0.224 e. The quantitative estimate of drug-likeness (QED) is 0.691. The van der Waals surface area contributed by atoms with Crippen LogP contribution < -0.4 is 11.1 Å². The van der Waals surface area contributed by atoms with Crippen LogP contribution in [-0.4, -0.2) is 10.9 Å². The van der Waals surface area contributed by atoms with E-state index in [1.807, 2.05) is 29.6 Å². The molecule has 1 amide bonds. The third kappa shape index (κ3) is 3.90. The molecule has 7 heteroatoms. The molecule has 0 aliphatic heterocycles. The Hall–Kier alpha value is -1.89. The average molecular weight is 364 g/mol. The van der Waals surface area contributed by atoms with E-state index in [4.69, 9.17) is 17.3 Å². The van der Waals surface area contributed by atoms with Crippen molar-refractivity contribution in [2.75, 3.05) is 11.1 Å². The van der Waals surface area contributed by atoms with Gasteiger partial charge >= 0.3 is 0 Å². The Morgan fingerprint density at radius 3 is 2.83 bits per heavy atom. The van der Waals surface area contributed by atoms with Crippen molar-refractivity contribution >= 4 is 51.0 Å². The smallest absolute Gasteiger partial charge is 0.224 e. The number of thiophene rings is 1. The highest BCUT2D eigenvalue weighted by molar-refractivity contribution is 7.17. The van der Waals surface area contributed by atoms with Gasteiger partial charge in [0.05, 0.1) is 21.3 Å². The highest BCUT2D eigenvalue weighted by atomic mass is 35.5. The van der Waals surface area contributed by atoms with Gasteiger partial charge in [-0.3, -0.25) is 4.79 Å². The second-order valence-electron chi connectivity index (χ2n) is 4.83. The zero-order valence-electron chi connectivity index (χ0n) is 12.1. The number of rotatable bonds is 5. The number of halogens is 1. The number of carbonyl (C=O) groups is 1. The van der Waals surface area contributed by atoms with Crippen LogP contribution in [-0.2, 0) is 11.2 Å². The summed E-state index contributed by atoms with van der Waals surface area (Å²) in [4.78, 5) is 18.6. The second kappa shape index (κ2) is 7.12. The molecule has 2 heterocycles. The first-order valence-electron chi connectivity index (χ1n) is 6.97. The average Bonchev–Trinajstić information content (AvgIpc) is 3.16. The van der Waals surface area contributed by atoms with Crippen LogP contribution in [0.1, 0.15) is 11.3 Å². The molecule has 0 saturated heterocycles. The third-order valence-corrected chi connectivity index (χ3v) is 5.35. The lowest BCUT2D eigenvalue weighted by Crippen LogP contribution is -2.12. The van der Waals surface area contributed by atoms with Gasteiger partial charge in [-0.2, -0.15) is 0 Å². The van der Waals surface area contributed by atoms with E-state index >= 15 is 0 Å². The minimum atomic E-state index is -0.0813.